The van der Waals surface area contributed by atoms with Gasteiger partial charge in [0.25, 0.3) is 11.8 Å². The summed E-state index contributed by atoms with van der Waals surface area (Å²) in [6.07, 6.45) is 2.74. The van der Waals surface area contributed by atoms with Gasteiger partial charge in [-0.1, -0.05) is 42.8 Å². The first kappa shape index (κ1) is 21.1. The Labute approximate surface area is 178 Å². The molecule has 0 N–H and O–H groups in total. The predicted octanol–water partition coefficient (Wildman–Crippen LogP) is 5.48. The lowest BCUT2D eigenvalue weighted by Crippen LogP contribution is -2.33. The van der Waals surface area contributed by atoms with Gasteiger partial charge in [0, 0.05) is 34.6 Å². The molecule has 0 fully saturated rings. The number of amides is 2. The second-order valence-corrected chi connectivity index (χ2v) is 8.79. The normalized spacial score (nSPS) is 14.4. The second-order valence-electron chi connectivity index (χ2n) is 6.32. The highest BCUT2D eigenvalue weighted by Gasteiger charge is 2.39. The Kier molecular flexibility index (Phi) is 7.73. The van der Waals surface area contributed by atoms with Crippen molar-refractivity contribution in [3.8, 4) is 0 Å². The molecule has 1 aliphatic heterocycles. The SMILES string of the molecule is CCCCOCCCN1C(=O)C(Sc2ccc(Cl)cc2)=C(c2cccs2)C1=O. The van der Waals surface area contributed by atoms with Gasteiger partial charge in [0.2, 0.25) is 0 Å². The summed E-state index contributed by atoms with van der Waals surface area (Å²) in [6, 6.07) is 11.0. The number of carbonyl (C=O) groups excluding carboxylic acids is 2. The molecule has 3 rings (SSSR count). The summed E-state index contributed by atoms with van der Waals surface area (Å²) in [6.45, 7) is 3.74. The van der Waals surface area contributed by atoms with Crippen molar-refractivity contribution < 1.29 is 14.3 Å². The van der Waals surface area contributed by atoms with Gasteiger partial charge >= 0.3 is 0 Å². The van der Waals surface area contributed by atoms with E-state index < -0.39 is 0 Å². The van der Waals surface area contributed by atoms with Crippen molar-refractivity contribution in [2.75, 3.05) is 19.8 Å². The number of nitrogens with zero attached hydrogens (tertiary/aromatic N) is 1. The summed E-state index contributed by atoms with van der Waals surface area (Å²) in [4.78, 5) is 29.5. The average Bonchev–Trinajstić information content (AvgIpc) is 3.29. The molecule has 0 saturated heterocycles. The molecular weight excluding hydrogens is 414 g/mol. The predicted molar refractivity (Wildman–Crippen MR) is 116 cm³/mol. The van der Waals surface area contributed by atoms with Gasteiger partial charge in [-0.2, -0.15) is 0 Å². The molecule has 2 aromatic rings. The van der Waals surface area contributed by atoms with Crippen molar-refractivity contribution in [3.63, 3.8) is 0 Å². The molecule has 4 nitrogen and oxygen atoms in total. The quantitative estimate of drug-likeness (QED) is 0.366. The van der Waals surface area contributed by atoms with Crippen molar-refractivity contribution in [2.45, 2.75) is 31.1 Å². The minimum absolute atomic E-state index is 0.225. The smallest absolute Gasteiger partial charge is 0.268 e. The van der Waals surface area contributed by atoms with Gasteiger partial charge in [0.05, 0.1) is 10.5 Å². The van der Waals surface area contributed by atoms with Gasteiger partial charge in [-0.15, -0.1) is 11.3 Å². The van der Waals surface area contributed by atoms with E-state index in [9.17, 15) is 9.59 Å². The van der Waals surface area contributed by atoms with Crippen molar-refractivity contribution in [1.82, 2.24) is 4.90 Å². The van der Waals surface area contributed by atoms with Gasteiger partial charge in [-0.3, -0.25) is 14.5 Å². The minimum Gasteiger partial charge on any atom is -0.381 e. The van der Waals surface area contributed by atoms with Crippen LogP contribution in [0.15, 0.2) is 51.6 Å². The van der Waals surface area contributed by atoms with Gasteiger partial charge < -0.3 is 4.74 Å². The van der Waals surface area contributed by atoms with Crippen LogP contribution in [0.4, 0.5) is 0 Å². The third-order valence-corrected chi connectivity index (χ3v) is 6.47. The number of unbranched alkanes of at least 4 members (excludes halogenated alkanes) is 1. The summed E-state index contributed by atoms with van der Waals surface area (Å²) in [5, 5.41) is 2.55. The number of benzene rings is 1. The monoisotopic (exact) mass is 435 g/mol. The van der Waals surface area contributed by atoms with E-state index in [4.69, 9.17) is 16.3 Å². The fraction of sp³-hybridized carbons (Fsp3) is 0.333. The Balaban J connectivity index is 1.75. The molecule has 148 valence electrons. The van der Waals surface area contributed by atoms with Gasteiger partial charge in [0.1, 0.15) is 0 Å². The maximum absolute atomic E-state index is 13.0. The highest BCUT2D eigenvalue weighted by atomic mass is 35.5. The zero-order valence-corrected chi connectivity index (χ0v) is 18.0. The van der Waals surface area contributed by atoms with Gasteiger partial charge in [0.15, 0.2) is 0 Å². The van der Waals surface area contributed by atoms with Crippen LogP contribution in [0.2, 0.25) is 5.02 Å². The van der Waals surface area contributed by atoms with Crippen LogP contribution in [0.1, 0.15) is 31.1 Å². The largest absolute Gasteiger partial charge is 0.381 e. The van der Waals surface area contributed by atoms with Crippen molar-refractivity contribution in [3.05, 3.63) is 56.6 Å². The van der Waals surface area contributed by atoms with E-state index in [0.717, 1.165) is 29.2 Å². The molecule has 0 atom stereocenters. The van der Waals surface area contributed by atoms with Crippen LogP contribution in [0, 0.1) is 0 Å². The molecule has 2 heterocycles. The number of halogens is 1. The molecule has 0 aliphatic carbocycles. The number of rotatable bonds is 10. The molecule has 0 unspecified atom stereocenters. The van der Waals surface area contributed by atoms with Gasteiger partial charge in [-0.05, 0) is 48.6 Å². The lowest BCUT2D eigenvalue weighted by Gasteiger charge is -2.15. The standard InChI is InChI=1S/C21H22ClNO3S2/c1-2-3-12-26-13-5-11-23-20(24)18(17-6-4-14-27-17)19(21(23)25)28-16-9-7-15(22)8-10-16/h4,6-10,14H,2-3,5,11-13H2,1H3. The first-order chi connectivity index (χ1) is 13.6. The molecular formula is C21H22ClNO3S2. The molecule has 1 aromatic heterocycles. The third-order valence-electron chi connectivity index (χ3n) is 4.24. The van der Waals surface area contributed by atoms with Crippen LogP contribution in [-0.2, 0) is 14.3 Å². The highest BCUT2D eigenvalue weighted by Crippen LogP contribution is 2.41. The highest BCUT2D eigenvalue weighted by molar-refractivity contribution is 8.04. The number of ether oxygens (including phenoxy) is 1. The van der Waals surface area contributed by atoms with Crippen LogP contribution in [-0.4, -0.2) is 36.5 Å². The molecule has 0 radical (unpaired) electrons. The van der Waals surface area contributed by atoms with Crippen LogP contribution < -0.4 is 0 Å². The molecule has 1 aliphatic rings. The van der Waals surface area contributed by atoms with Crippen molar-refractivity contribution in [1.29, 1.82) is 0 Å². The number of hydrogen-bond donors (Lipinski definition) is 0. The molecule has 0 spiro atoms. The summed E-state index contributed by atoms with van der Waals surface area (Å²) in [7, 11) is 0. The Morgan fingerprint density at radius 3 is 2.50 bits per heavy atom. The topological polar surface area (TPSA) is 46.6 Å². The maximum Gasteiger partial charge on any atom is 0.268 e. The number of thiophene rings is 1. The minimum atomic E-state index is -0.234. The molecule has 7 heteroatoms. The van der Waals surface area contributed by atoms with Crippen LogP contribution >= 0.6 is 34.7 Å². The first-order valence-electron chi connectivity index (χ1n) is 9.27. The van der Waals surface area contributed by atoms with Crippen LogP contribution in [0.3, 0.4) is 0 Å². The van der Waals surface area contributed by atoms with E-state index in [0.29, 0.717) is 35.1 Å². The molecule has 0 bridgehead atoms. The average molecular weight is 436 g/mol. The van der Waals surface area contributed by atoms with E-state index in [1.165, 1.54) is 28.0 Å². The fourth-order valence-electron chi connectivity index (χ4n) is 2.78. The zero-order valence-electron chi connectivity index (χ0n) is 15.7. The number of thioether (sulfide) groups is 1. The summed E-state index contributed by atoms with van der Waals surface area (Å²) < 4.78 is 5.56. The van der Waals surface area contributed by atoms with Crippen LogP contribution in [0.25, 0.3) is 5.57 Å². The number of imide groups is 1. The van der Waals surface area contributed by atoms with E-state index in [2.05, 4.69) is 6.92 Å². The molecule has 2 amide bonds. The Morgan fingerprint density at radius 1 is 1.07 bits per heavy atom. The van der Waals surface area contributed by atoms with Crippen molar-refractivity contribution >= 4 is 52.1 Å². The van der Waals surface area contributed by atoms with E-state index in [-0.39, 0.29) is 11.8 Å². The van der Waals surface area contributed by atoms with Crippen molar-refractivity contribution in [2.24, 2.45) is 0 Å². The molecule has 1 aromatic carbocycles. The number of carbonyl (C=O) groups is 2. The first-order valence-corrected chi connectivity index (χ1v) is 11.3. The lowest BCUT2D eigenvalue weighted by atomic mass is 10.2. The van der Waals surface area contributed by atoms with E-state index >= 15 is 0 Å². The lowest BCUT2D eigenvalue weighted by molar-refractivity contribution is -0.136. The Bertz CT molecular complexity index is 847. The molecule has 0 saturated carbocycles. The third kappa shape index (κ3) is 5.06. The summed E-state index contributed by atoms with van der Waals surface area (Å²) in [5.41, 5.74) is 0.492. The Morgan fingerprint density at radius 2 is 1.82 bits per heavy atom. The van der Waals surface area contributed by atoms with Crippen LogP contribution in [0.5, 0.6) is 0 Å². The summed E-state index contributed by atoms with van der Waals surface area (Å²) in [5.74, 6) is -0.459. The van der Waals surface area contributed by atoms with E-state index in [1.807, 2.05) is 29.6 Å². The molecule has 28 heavy (non-hydrogen) atoms. The van der Waals surface area contributed by atoms with E-state index in [1.54, 1.807) is 12.1 Å². The maximum atomic E-state index is 13.0. The second kappa shape index (κ2) is 10.3. The summed E-state index contributed by atoms with van der Waals surface area (Å²) >= 11 is 8.74. The Hall–Kier alpha value is -1.60. The number of hydrogen-bond acceptors (Lipinski definition) is 5. The van der Waals surface area contributed by atoms with Gasteiger partial charge in [-0.25, -0.2) is 0 Å². The zero-order chi connectivity index (χ0) is 19.9. The fourth-order valence-corrected chi connectivity index (χ4v) is 4.75.